The summed E-state index contributed by atoms with van der Waals surface area (Å²) in [7, 11) is 1.66. The highest BCUT2D eigenvalue weighted by atomic mass is 35.5. The second kappa shape index (κ2) is 9.84. The fourth-order valence-electron chi connectivity index (χ4n) is 4.42. The van der Waals surface area contributed by atoms with Crippen molar-refractivity contribution in [3.63, 3.8) is 0 Å². The molecule has 3 atom stereocenters. The van der Waals surface area contributed by atoms with Crippen LogP contribution in [-0.4, -0.2) is 24.7 Å². The van der Waals surface area contributed by atoms with Gasteiger partial charge in [0.2, 0.25) is 5.91 Å². The molecule has 2 saturated carbocycles. The number of nitrogens with two attached hydrogens (primary N) is 1. The van der Waals surface area contributed by atoms with Gasteiger partial charge in [-0.1, -0.05) is 18.9 Å². The topological polar surface area (TPSA) is 73.6 Å². The fourth-order valence-corrected chi connectivity index (χ4v) is 4.42. The van der Waals surface area contributed by atoms with Crippen LogP contribution in [0.4, 0.5) is 0 Å². The van der Waals surface area contributed by atoms with Gasteiger partial charge in [-0.3, -0.25) is 4.79 Å². The van der Waals surface area contributed by atoms with Crippen LogP contribution in [0.25, 0.3) is 0 Å². The second-order valence-electron chi connectivity index (χ2n) is 8.47. The van der Waals surface area contributed by atoms with E-state index in [2.05, 4.69) is 5.32 Å². The van der Waals surface area contributed by atoms with Crippen molar-refractivity contribution in [2.24, 2.45) is 11.7 Å². The maximum Gasteiger partial charge on any atom is 0.225 e. The Morgan fingerprint density at radius 3 is 2.50 bits per heavy atom. The number of hydrogen-bond donors (Lipinski definition) is 2. The summed E-state index contributed by atoms with van der Waals surface area (Å²) in [6, 6.07) is 5.84. The molecule has 5 nitrogen and oxygen atoms in total. The van der Waals surface area contributed by atoms with Gasteiger partial charge in [0.05, 0.1) is 25.2 Å². The molecule has 0 aromatic heterocycles. The van der Waals surface area contributed by atoms with E-state index in [1.807, 2.05) is 32.0 Å². The van der Waals surface area contributed by atoms with E-state index in [9.17, 15) is 4.79 Å². The highest BCUT2D eigenvalue weighted by molar-refractivity contribution is 5.85. The van der Waals surface area contributed by atoms with Gasteiger partial charge in [0.1, 0.15) is 0 Å². The summed E-state index contributed by atoms with van der Waals surface area (Å²) < 4.78 is 11.6. The number of rotatable bonds is 6. The smallest absolute Gasteiger partial charge is 0.225 e. The van der Waals surface area contributed by atoms with Crippen molar-refractivity contribution in [3.8, 4) is 11.5 Å². The molecule has 28 heavy (non-hydrogen) atoms. The molecule has 2 aliphatic rings. The zero-order valence-corrected chi connectivity index (χ0v) is 18.1. The first kappa shape index (κ1) is 22.8. The van der Waals surface area contributed by atoms with Crippen molar-refractivity contribution < 1.29 is 14.3 Å². The largest absolute Gasteiger partial charge is 0.493 e. The number of nitrogens with one attached hydrogen (secondary N) is 1. The maximum atomic E-state index is 12.8. The van der Waals surface area contributed by atoms with Crippen LogP contribution >= 0.6 is 12.4 Å². The molecule has 2 aliphatic carbocycles. The van der Waals surface area contributed by atoms with Gasteiger partial charge in [0, 0.05) is 5.54 Å². The zero-order valence-electron chi connectivity index (χ0n) is 17.3. The first-order chi connectivity index (χ1) is 12.9. The monoisotopic (exact) mass is 410 g/mol. The SMILES string of the molecule is COc1cc(C(C)NC(=O)C2CCCCC2(C)N)ccc1OC1CCCC1.Cl. The molecule has 0 bridgehead atoms. The minimum atomic E-state index is -0.418. The van der Waals surface area contributed by atoms with Crippen LogP contribution in [0.15, 0.2) is 18.2 Å². The molecule has 0 heterocycles. The van der Waals surface area contributed by atoms with Gasteiger partial charge in [-0.25, -0.2) is 0 Å². The van der Waals surface area contributed by atoms with Gasteiger partial charge < -0.3 is 20.5 Å². The molecular weight excluding hydrogens is 376 g/mol. The summed E-state index contributed by atoms with van der Waals surface area (Å²) in [6.07, 6.45) is 8.91. The van der Waals surface area contributed by atoms with E-state index in [1.165, 1.54) is 12.8 Å². The number of benzene rings is 1. The van der Waals surface area contributed by atoms with Crippen LogP contribution in [0.3, 0.4) is 0 Å². The van der Waals surface area contributed by atoms with Crippen molar-refractivity contribution in [1.82, 2.24) is 5.32 Å². The van der Waals surface area contributed by atoms with Crippen LogP contribution in [0.2, 0.25) is 0 Å². The average Bonchev–Trinajstić information content (AvgIpc) is 3.14. The van der Waals surface area contributed by atoms with E-state index in [1.54, 1.807) is 7.11 Å². The van der Waals surface area contributed by atoms with Crippen molar-refractivity contribution in [1.29, 1.82) is 0 Å². The maximum absolute atomic E-state index is 12.8. The molecule has 1 aromatic carbocycles. The molecule has 3 rings (SSSR count). The molecule has 0 aliphatic heterocycles. The number of ether oxygens (including phenoxy) is 2. The summed E-state index contributed by atoms with van der Waals surface area (Å²) in [4.78, 5) is 12.8. The fraction of sp³-hybridized carbons (Fsp3) is 0.682. The number of methoxy groups -OCH3 is 1. The lowest BCUT2D eigenvalue weighted by atomic mass is 9.74. The second-order valence-corrected chi connectivity index (χ2v) is 8.47. The Bertz CT molecular complexity index is 659. The summed E-state index contributed by atoms with van der Waals surface area (Å²) in [5.74, 6) is 1.44. The quantitative estimate of drug-likeness (QED) is 0.722. The number of hydrogen-bond acceptors (Lipinski definition) is 4. The van der Waals surface area contributed by atoms with Crippen LogP contribution in [0.5, 0.6) is 11.5 Å². The molecule has 0 radical (unpaired) electrons. The normalized spacial score (nSPS) is 26.2. The van der Waals surface area contributed by atoms with Crippen LogP contribution < -0.4 is 20.5 Å². The molecule has 1 aromatic rings. The Balaban J connectivity index is 0.00000280. The van der Waals surface area contributed by atoms with E-state index < -0.39 is 5.54 Å². The molecule has 0 spiro atoms. The van der Waals surface area contributed by atoms with Crippen molar-refractivity contribution in [3.05, 3.63) is 23.8 Å². The van der Waals surface area contributed by atoms with Gasteiger partial charge in [0.25, 0.3) is 0 Å². The third-order valence-electron chi connectivity index (χ3n) is 6.21. The van der Waals surface area contributed by atoms with Gasteiger partial charge in [-0.15, -0.1) is 12.4 Å². The van der Waals surface area contributed by atoms with E-state index in [4.69, 9.17) is 15.2 Å². The van der Waals surface area contributed by atoms with Crippen molar-refractivity contribution >= 4 is 18.3 Å². The Hall–Kier alpha value is -1.46. The summed E-state index contributed by atoms with van der Waals surface area (Å²) >= 11 is 0. The number of halogens is 1. The standard InChI is InChI=1S/C22H34N2O3.ClH/c1-15(24-21(25)18-10-6-7-13-22(18,2)23)16-11-12-19(20(14-16)26-3)27-17-8-4-5-9-17;/h11-12,14-15,17-18H,4-10,13,23H2,1-3H3,(H,24,25);1H. The Morgan fingerprint density at radius 2 is 1.86 bits per heavy atom. The molecule has 3 unspecified atom stereocenters. The predicted octanol–water partition coefficient (Wildman–Crippen LogP) is 4.52. The Morgan fingerprint density at radius 1 is 1.18 bits per heavy atom. The highest BCUT2D eigenvalue weighted by Gasteiger charge is 2.38. The lowest BCUT2D eigenvalue weighted by Crippen LogP contribution is -2.53. The Labute approximate surface area is 175 Å². The van der Waals surface area contributed by atoms with Gasteiger partial charge in [-0.2, -0.15) is 0 Å². The average molecular weight is 411 g/mol. The van der Waals surface area contributed by atoms with Crippen LogP contribution in [0.1, 0.15) is 76.8 Å². The van der Waals surface area contributed by atoms with Gasteiger partial charge >= 0.3 is 0 Å². The first-order valence-corrected chi connectivity index (χ1v) is 10.3. The van der Waals surface area contributed by atoms with E-state index >= 15 is 0 Å². The molecule has 0 saturated heterocycles. The summed E-state index contributed by atoms with van der Waals surface area (Å²) in [5, 5.41) is 3.15. The number of carbonyl (C=O) groups is 1. The third kappa shape index (κ3) is 5.32. The zero-order chi connectivity index (χ0) is 19.4. The molecule has 1 amide bonds. The van der Waals surface area contributed by atoms with Crippen molar-refractivity contribution in [2.75, 3.05) is 7.11 Å². The molecule has 158 valence electrons. The van der Waals surface area contributed by atoms with Gasteiger partial charge in [0.15, 0.2) is 11.5 Å². The molecule has 3 N–H and O–H groups in total. The molecule has 6 heteroatoms. The van der Waals surface area contributed by atoms with Crippen LogP contribution in [-0.2, 0) is 4.79 Å². The number of amides is 1. The minimum absolute atomic E-state index is 0. The Kier molecular flexibility index (Phi) is 8.02. The molecular formula is C22H35ClN2O3. The van der Waals surface area contributed by atoms with E-state index in [0.717, 1.165) is 55.6 Å². The summed E-state index contributed by atoms with van der Waals surface area (Å²) in [5.41, 5.74) is 6.97. The summed E-state index contributed by atoms with van der Waals surface area (Å²) in [6.45, 7) is 4.00. The van der Waals surface area contributed by atoms with Gasteiger partial charge in [-0.05, 0) is 70.1 Å². The molecule has 2 fully saturated rings. The predicted molar refractivity (Wildman–Crippen MR) is 114 cm³/mol. The van der Waals surface area contributed by atoms with Crippen molar-refractivity contribution in [2.45, 2.75) is 82.9 Å². The van der Waals surface area contributed by atoms with E-state index in [-0.39, 0.29) is 36.4 Å². The van der Waals surface area contributed by atoms with E-state index in [0.29, 0.717) is 0 Å². The minimum Gasteiger partial charge on any atom is -0.493 e. The first-order valence-electron chi connectivity index (χ1n) is 10.3. The lowest BCUT2D eigenvalue weighted by Gasteiger charge is -2.37. The number of carbonyl (C=O) groups excluding carboxylic acids is 1. The third-order valence-corrected chi connectivity index (χ3v) is 6.21. The highest BCUT2D eigenvalue weighted by Crippen LogP contribution is 2.35. The lowest BCUT2D eigenvalue weighted by molar-refractivity contribution is -0.128. The van der Waals surface area contributed by atoms with Crippen LogP contribution in [0, 0.1) is 5.92 Å².